The van der Waals surface area contributed by atoms with Crippen molar-refractivity contribution in [3.05, 3.63) is 18.2 Å². The van der Waals surface area contributed by atoms with Crippen LogP contribution in [0.4, 0.5) is 0 Å². The lowest BCUT2D eigenvalue weighted by Crippen LogP contribution is -2.13. The summed E-state index contributed by atoms with van der Waals surface area (Å²) >= 11 is 0. The van der Waals surface area contributed by atoms with E-state index in [4.69, 9.17) is 0 Å². The van der Waals surface area contributed by atoms with Gasteiger partial charge in [-0.15, -0.1) is 0 Å². The molecule has 0 spiro atoms. The SMILES string of the molecule is CCC(C)C(C)n1ccnc1C. The van der Waals surface area contributed by atoms with E-state index in [2.05, 4.69) is 43.4 Å². The second kappa shape index (κ2) is 3.74. The van der Waals surface area contributed by atoms with Gasteiger partial charge in [-0.05, 0) is 19.8 Å². The Morgan fingerprint density at radius 2 is 2.17 bits per heavy atom. The molecule has 0 amide bonds. The lowest BCUT2D eigenvalue weighted by Gasteiger charge is -2.20. The minimum absolute atomic E-state index is 0.567. The van der Waals surface area contributed by atoms with Crippen molar-refractivity contribution in [2.45, 2.75) is 40.2 Å². The zero-order valence-corrected chi connectivity index (χ0v) is 8.41. The Morgan fingerprint density at radius 3 is 2.58 bits per heavy atom. The maximum absolute atomic E-state index is 4.22. The van der Waals surface area contributed by atoms with Gasteiger partial charge >= 0.3 is 0 Å². The van der Waals surface area contributed by atoms with Crippen molar-refractivity contribution < 1.29 is 0 Å². The number of nitrogens with zero attached hydrogens (tertiary/aromatic N) is 2. The fourth-order valence-electron chi connectivity index (χ4n) is 1.43. The smallest absolute Gasteiger partial charge is 0.105 e. The number of aromatic nitrogens is 2. The molecule has 12 heavy (non-hydrogen) atoms. The van der Waals surface area contributed by atoms with Crippen LogP contribution < -0.4 is 0 Å². The van der Waals surface area contributed by atoms with E-state index in [1.165, 1.54) is 6.42 Å². The molecule has 1 rings (SSSR count). The quantitative estimate of drug-likeness (QED) is 0.675. The highest BCUT2D eigenvalue weighted by atomic mass is 15.1. The van der Waals surface area contributed by atoms with E-state index >= 15 is 0 Å². The molecule has 0 saturated heterocycles. The zero-order valence-electron chi connectivity index (χ0n) is 8.41. The van der Waals surface area contributed by atoms with Crippen molar-refractivity contribution in [2.75, 3.05) is 0 Å². The van der Waals surface area contributed by atoms with Crippen LogP contribution in [0.25, 0.3) is 0 Å². The Bertz CT molecular complexity index is 240. The number of hydrogen-bond donors (Lipinski definition) is 0. The van der Waals surface area contributed by atoms with Crippen LogP contribution >= 0.6 is 0 Å². The van der Waals surface area contributed by atoms with Gasteiger partial charge < -0.3 is 4.57 Å². The third kappa shape index (κ3) is 1.68. The van der Waals surface area contributed by atoms with Crippen LogP contribution in [-0.4, -0.2) is 9.55 Å². The van der Waals surface area contributed by atoms with Crippen LogP contribution in [0, 0.1) is 12.8 Å². The summed E-state index contributed by atoms with van der Waals surface area (Å²) < 4.78 is 2.24. The Kier molecular flexibility index (Phi) is 2.90. The summed E-state index contributed by atoms with van der Waals surface area (Å²) in [4.78, 5) is 4.22. The standard InChI is InChI=1S/C10H18N2/c1-5-8(2)9(3)12-7-6-11-10(12)4/h6-9H,5H2,1-4H3. The fraction of sp³-hybridized carbons (Fsp3) is 0.700. The molecule has 68 valence electrons. The maximum Gasteiger partial charge on any atom is 0.105 e. The van der Waals surface area contributed by atoms with E-state index < -0.39 is 0 Å². The third-order valence-electron chi connectivity index (χ3n) is 2.77. The van der Waals surface area contributed by atoms with E-state index in [0.29, 0.717) is 6.04 Å². The predicted octanol–water partition coefficient (Wildman–Crippen LogP) is 2.80. The molecule has 1 aromatic rings. The normalized spacial score (nSPS) is 16.0. The molecule has 2 unspecified atom stereocenters. The first-order chi connectivity index (χ1) is 5.66. The zero-order chi connectivity index (χ0) is 9.14. The van der Waals surface area contributed by atoms with Gasteiger partial charge in [0.05, 0.1) is 0 Å². The van der Waals surface area contributed by atoms with Crippen LogP contribution in [0.2, 0.25) is 0 Å². The highest BCUT2D eigenvalue weighted by Gasteiger charge is 2.12. The average Bonchev–Trinajstić information content (AvgIpc) is 2.48. The molecule has 2 atom stereocenters. The molecule has 0 aliphatic heterocycles. The number of rotatable bonds is 3. The molecular formula is C10H18N2. The van der Waals surface area contributed by atoms with Gasteiger partial charge in [-0.1, -0.05) is 20.3 Å². The van der Waals surface area contributed by atoms with E-state index in [0.717, 1.165) is 11.7 Å². The minimum Gasteiger partial charge on any atom is -0.332 e. The molecule has 1 heterocycles. The topological polar surface area (TPSA) is 17.8 Å². The minimum atomic E-state index is 0.567. The van der Waals surface area contributed by atoms with E-state index in [1.54, 1.807) is 0 Å². The van der Waals surface area contributed by atoms with Gasteiger partial charge in [0.2, 0.25) is 0 Å². The molecule has 0 fully saturated rings. The highest BCUT2D eigenvalue weighted by Crippen LogP contribution is 2.20. The first-order valence-electron chi connectivity index (χ1n) is 4.66. The van der Waals surface area contributed by atoms with Gasteiger partial charge in [-0.2, -0.15) is 0 Å². The lowest BCUT2D eigenvalue weighted by atomic mass is 10.0. The first kappa shape index (κ1) is 9.30. The Labute approximate surface area is 74.6 Å². The molecule has 1 aromatic heterocycles. The van der Waals surface area contributed by atoms with Crippen LogP contribution in [0.5, 0.6) is 0 Å². The van der Waals surface area contributed by atoms with E-state index in [-0.39, 0.29) is 0 Å². The van der Waals surface area contributed by atoms with Crippen molar-refractivity contribution in [3.8, 4) is 0 Å². The van der Waals surface area contributed by atoms with Crippen molar-refractivity contribution in [3.63, 3.8) is 0 Å². The molecule has 0 radical (unpaired) electrons. The number of hydrogen-bond acceptors (Lipinski definition) is 1. The van der Waals surface area contributed by atoms with Gasteiger partial charge in [-0.25, -0.2) is 4.98 Å². The second-order valence-electron chi connectivity index (χ2n) is 3.51. The predicted molar refractivity (Wildman–Crippen MR) is 51.1 cm³/mol. The molecule has 0 N–H and O–H groups in total. The Morgan fingerprint density at radius 1 is 1.50 bits per heavy atom. The summed E-state index contributed by atoms with van der Waals surface area (Å²) in [5.41, 5.74) is 0. The second-order valence-corrected chi connectivity index (χ2v) is 3.51. The van der Waals surface area contributed by atoms with Gasteiger partial charge in [0.25, 0.3) is 0 Å². The monoisotopic (exact) mass is 166 g/mol. The van der Waals surface area contributed by atoms with Gasteiger partial charge in [0.1, 0.15) is 5.82 Å². The maximum atomic E-state index is 4.22. The summed E-state index contributed by atoms with van der Waals surface area (Å²) in [6.45, 7) is 8.82. The molecule has 0 bridgehead atoms. The number of imidazole rings is 1. The molecule has 0 aliphatic carbocycles. The van der Waals surface area contributed by atoms with Crippen LogP contribution in [0.1, 0.15) is 39.1 Å². The third-order valence-corrected chi connectivity index (χ3v) is 2.77. The van der Waals surface area contributed by atoms with Crippen molar-refractivity contribution in [2.24, 2.45) is 5.92 Å². The summed E-state index contributed by atoms with van der Waals surface area (Å²) in [5, 5.41) is 0. The van der Waals surface area contributed by atoms with Crippen molar-refractivity contribution in [1.82, 2.24) is 9.55 Å². The average molecular weight is 166 g/mol. The van der Waals surface area contributed by atoms with Crippen molar-refractivity contribution in [1.29, 1.82) is 0 Å². The van der Waals surface area contributed by atoms with E-state index in [1.807, 2.05) is 6.20 Å². The summed E-state index contributed by atoms with van der Waals surface area (Å²) in [6, 6.07) is 0.567. The van der Waals surface area contributed by atoms with Crippen LogP contribution in [0.15, 0.2) is 12.4 Å². The van der Waals surface area contributed by atoms with Crippen molar-refractivity contribution >= 4 is 0 Å². The molecule has 0 aliphatic rings. The Balaban J connectivity index is 2.77. The highest BCUT2D eigenvalue weighted by molar-refractivity contribution is 4.92. The summed E-state index contributed by atoms with van der Waals surface area (Å²) in [7, 11) is 0. The van der Waals surface area contributed by atoms with Crippen LogP contribution in [-0.2, 0) is 0 Å². The first-order valence-corrected chi connectivity index (χ1v) is 4.66. The summed E-state index contributed by atoms with van der Waals surface area (Å²) in [6.07, 6.45) is 5.15. The number of aryl methyl sites for hydroxylation is 1. The van der Waals surface area contributed by atoms with Gasteiger partial charge in [0, 0.05) is 18.4 Å². The van der Waals surface area contributed by atoms with Gasteiger partial charge in [-0.3, -0.25) is 0 Å². The van der Waals surface area contributed by atoms with Gasteiger partial charge in [0.15, 0.2) is 0 Å². The molecule has 2 nitrogen and oxygen atoms in total. The molecular weight excluding hydrogens is 148 g/mol. The summed E-state index contributed by atoms with van der Waals surface area (Å²) in [5.74, 6) is 1.83. The fourth-order valence-corrected chi connectivity index (χ4v) is 1.43. The molecule has 0 saturated carbocycles. The lowest BCUT2D eigenvalue weighted by molar-refractivity contribution is 0.364. The molecule has 2 heteroatoms. The largest absolute Gasteiger partial charge is 0.332 e. The Hall–Kier alpha value is -0.790. The van der Waals surface area contributed by atoms with Crippen LogP contribution in [0.3, 0.4) is 0 Å². The molecule has 0 aromatic carbocycles. The van der Waals surface area contributed by atoms with E-state index in [9.17, 15) is 0 Å².